The van der Waals surface area contributed by atoms with Crippen molar-refractivity contribution >= 4 is 44.2 Å². The number of pyridine rings is 2. The molecule has 1 aromatic carbocycles. The van der Waals surface area contributed by atoms with Gasteiger partial charge in [0.05, 0.1) is 45.6 Å². The van der Waals surface area contributed by atoms with E-state index >= 15 is 4.39 Å². The molecule has 3 aromatic heterocycles. The third kappa shape index (κ3) is 4.94. The topological polar surface area (TPSA) is 128 Å². The average Bonchev–Trinajstić information content (AvgIpc) is 2.96. The number of fused-ring (bicyclic) bond motifs is 1. The van der Waals surface area contributed by atoms with Crippen LogP contribution >= 0.6 is 11.6 Å². The molecule has 0 radical (unpaired) electrons. The minimum absolute atomic E-state index is 0.00259. The van der Waals surface area contributed by atoms with Gasteiger partial charge in [-0.25, -0.2) is 27.2 Å². The predicted molar refractivity (Wildman–Crippen MR) is 163 cm³/mol. The summed E-state index contributed by atoms with van der Waals surface area (Å²) in [7, 11) is -3.94. The van der Waals surface area contributed by atoms with E-state index in [-0.39, 0.29) is 69.2 Å². The van der Waals surface area contributed by atoms with Crippen LogP contribution in [-0.2, 0) is 19.4 Å². The van der Waals surface area contributed by atoms with Gasteiger partial charge in [0, 0.05) is 37.4 Å². The van der Waals surface area contributed by atoms with Gasteiger partial charge in [-0.3, -0.25) is 9.78 Å². The van der Waals surface area contributed by atoms with E-state index in [1.54, 1.807) is 24.0 Å². The maximum Gasteiger partial charge on any atom is 0.355 e. The van der Waals surface area contributed by atoms with Gasteiger partial charge in [-0.05, 0) is 44.2 Å². The number of rotatable bonds is 6. The quantitative estimate of drug-likeness (QED) is 0.292. The summed E-state index contributed by atoms with van der Waals surface area (Å²) in [5.74, 6) is -0.527. The minimum atomic E-state index is -3.94. The van der Waals surface area contributed by atoms with Gasteiger partial charge in [0.1, 0.15) is 16.9 Å². The van der Waals surface area contributed by atoms with E-state index in [2.05, 4.69) is 16.5 Å². The Morgan fingerprint density at radius 2 is 1.93 bits per heavy atom. The second-order valence-electron chi connectivity index (χ2n) is 10.7. The molecule has 11 nitrogen and oxygen atoms in total. The van der Waals surface area contributed by atoms with Crippen LogP contribution in [0.2, 0.25) is 5.02 Å². The molecule has 1 amide bonds. The van der Waals surface area contributed by atoms with E-state index in [1.165, 1.54) is 36.5 Å². The molecule has 0 N–H and O–H groups in total. The largest absolute Gasteiger partial charge is 0.379 e. The molecule has 0 unspecified atom stereocenters. The molecule has 6 rings (SSSR count). The minimum Gasteiger partial charge on any atom is -0.379 e. The Morgan fingerprint density at radius 3 is 2.59 bits per heavy atom. The third-order valence-electron chi connectivity index (χ3n) is 7.96. The molecular weight excluding hydrogens is 611 g/mol. The number of sulfone groups is 1. The zero-order valence-corrected chi connectivity index (χ0v) is 25.5. The molecule has 2 fully saturated rings. The highest BCUT2D eigenvalue weighted by molar-refractivity contribution is 7.92. The van der Waals surface area contributed by atoms with Crippen molar-refractivity contribution in [2.24, 2.45) is 0 Å². The lowest BCUT2D eigenvalue weighted by molar-refractivity contribution is -0.126. The Balaban J connectivity index is 1.64. The van der Waals surface area contributed by atoms with E-state index in [0.717, 1.165) is 4.57 Å². The van der Waals surface area contributed by atoms with Gasteiger partial charge < -0.3 is 14.5 Å². The first kappa shape index (κ1) is 29.9. The molecule has 4 aromatic rings. The number of ether oxygens (including phenoxy) is 1. The van der Waals surface area contributed by atoms with Crippen LogP contribution in [0, 0.1) is 12.7 Å². The molecule has 14 heteroatoms. The highest BCUT2D eigenvalue weighted by atomic mass is 35.5. The maximum absolute atomic E-state index is 15.0. The van der Waals surface area contributed by atoms with Gasteiger partial charge in [0.2, 0.25) is 5.91 Å². The Morgan fingerprint density at radius 1 is 1.18 bits per heavy atom. The van der Waals surface area contributed by atoms with Crippen molar-refractivity contribution in [2.45, 2.75) is 30.0 Å². The van der Waals surface area contributed by atoms with Crippen molar-refractivity contribution in [3.63, 3.8) is 0 Å². The van der Waals surface area contributed by atoms with Crippen LogP contribution in [0.1, 0.15) is 12.6 Å². The van der Waals surface area contributed by atoms with Gasteiger partial charge in [-0.2, -0.15) is 4.98 Å². The van der Waals surface area contributed by atoms with Crippen molar-refractivity contribution in [2.75, 3.05) is 37.7 Å². The van der Waals surface area contributed by atoms with Gasteiger partial charge in [-0.15, -0.1) is 0 Å². The number of hydrogen-bond acceptors (Lipinski definition) is 9. The van der Waals surface area contributed by atoms with Crippen molar-refractivity contribution < 1.29 is 22.3 Å². The highest BCUT2D eigenvalue weighted by Gasteiger charge is 2.37. The van der Waals surface area contributed by atoms with E-state index in [9.17, 15) is 18.0 Å². The summed E-state index contributed by atoms with van der Waals surface area (Å²) in [5.41, 5.74) is -0.372. The van der Waals surface area contributed by atoms with Crippen molar-refractivity contribution in [1.29, 1.82) is 0 Å². The molecule has 0 saturated carbocycles. The number of benzene rings is 1. The predicted octanol–water partition coefficient (Wildman–Crippen LogP) is 3.34. The molecule has 2 aliphatic rings. The van der Waals surface area contributed by atoms with E-state index in [1.807, 2.05) is 11.8 Å². The zero-order valence-electron chi connectivity index (χ0n) is 23.9. The number of carbonyl (C=O) groups excluding carboxylic acids is 1. The first-order valence-corrected chi connectivity index (χ1v) is 15.8. The Labute approximate surface area is 257 Å². The van der Waals surface area contributed by atoms with Gasteiger partial charge in [0.25, 0.3) is 0 Å². The number of hydrogen-bond donors (Lipinski definition) is 0. The smallest absolute Gasteiger partial charge is 0.355 e. The monoisotopic (exact) mass is 638 g/mol. The lowest BCUT2D eigenvalue weighted by Crippen LogP contribution is -2.54. The number of carbonyl (C=O) groups is 1. The molecular formula is C30H28ClFN6O5S. The van der Waals surface area contributed by atoms with E-state index in [4.69, 9.17) is 21.3 Å². The Hall–Kier alpha value is -4.20. The molecule has 2 aliphatic heterocycles. The number of aromatic nitrogens is 4. The summed E-state index contributed by atoms with van der Waals surface area (Å²) in [4.78, 5) is 43.2. The summed E-state index contributed by atoms with van der Waals surface area (Å²) in [6, 6.07) is 8.58. The van der Waals surface area contributed by atoms with Gasteiger partial charge in [0.15, 0.2) is 15.5 Å². The molecule has 0 spiro atoms. The fourth-order valence-corrected chi connectivity index (χ4v) is 7.50. The van der Waals surface area contributed by atoms with Crippen LogP contribution < -0.4 is 10.6 Å². The van der Waals surface area contributed by atoms with Crippen LogP contribution in [0.15, 0.2) is 64.9 Å². The third-order valence-corrected chi connectivity index (χ3v) is 10.3. The van der Waals surface area contributed by atoms with Crippen LogP contribution in [0.25, 0.3) is 28.0 Å². The number of nitrogens with zero attached hydrogens (tertiary/aromatic N) is 6. The summed E-state index contributed by atoms with van der Waals surface area (Å²) in [6.07, 6.45) is 2.61. The average molecular weight is 639 g/mol. The van der Waals surface area contributed by atoms with Gasteiger partial charge in [-0.1, -0.05) is 30.3 Å². The number of piperazine rings is 1. The standard InChI is InChI=1S/C30H28ClFN6O5S/c1-4-25(39)36-11-12-37(17(2)14-36)28-21-13-22(31)26(20-7-5-6-8-23(20)32)34-29(21)38(30(40)35-28)27-18(3)33-10-9-24(27)44(41,42)19-15-43-16-19/h4-10,13,17,19H,1,11-12,14-16H2,2-3H3/t17-/m0/s1. The lowest BCUT2D eigenvalue weighted by Gasteiger charge is -2.40. The molecule has 1 atom stereocenters. The number of aryl methyl sites for hydroxylation is 1. The Kier molecular flexibility index (Phi) is 7.72. The summed E-state index contributed by atoms with van der Waals surface area (Å²) in [5, 5.41) is -0.348. The second kappa shape index (κ2) is 11.4. The molecule has 2 saturated heterocycles. The van der Waals surface area contributed by atoms with Crippen LogP contribution in [0.3, 0.4) is 0 Å². The van der Waals surface area contributed by atoms with Gasteiger partial charge >= 0.3 is 5.69 Å². The summed E-state index contributed by atoms with van der Waals surface area (Å²) in [6.45, 7) is 8.13. The fourth-order valence-electron chi connectivity index (χ4n) is 5.58. The molecule has 0 aliphatic carbocycles. The number of anilines is 1. The van der Waals surface area contributed by atoms with E-state index in [0.29, 0.717) is 25.0 Å². The fraction of sp³-hybridized carbons (Fsp3) is 0.300. The number of halogens is 2. The Bertz CT molecular complexity index is 2000. The maximum atomic E-state index is 15.0. The van der Waals surface area contributed by atoms with Crippen molar-refractivity contribution in [3.05, 3.63) is 82.3 Å². The first-order valence-electron chi connectivity index (χ1n) is 13.9. The van der Waals surface area contributed by atoms with Crippen LogP contribution in [-0.4, -0.2) is 82.9 Å². The molecule has 228 valence electrons. The SMILES string of the molecule is C=CC(=O)N1CCN(c2nc(=O)n(-c3c(S(=O)(=O)C4COC4)ccnc3C)c3nc(-c4ccccc4F)c(Cl)cc23)[C@@H](C)C1. The summed E-state index contributed by atoms with van der Waals surface area (Å²) < 4.78 is 48.6. The summed E-state index contributed by atoms with van der Waals surface area (Å²) >= 11 is 6.73. The second-order valence-corrected chi connectivity index (χ2v) is 13.3. The van der Waals surface area contributed by atoms with Crippen molar-refractivity contribution in [3.8, 4) is 16.9 Å². The van der Waals surface area contributed by atoms with Crippen molar-refractivity contribution in [1.82, 2.24) is 24.4 Å². The molecule has 44 heavy (non-hydrogen) atoms. The molecule has 0 bridgehead atoms. The number of amides is 1. The zero-order chi connectivity index (χ0) is 31.3. The highest BCUT2D eigenvalue weighted by Crippen LogP contribution is 2.36. The first-order chi connectivity index (χ1) is 21.0. The lowest BCUT2D eigenvalue weighted by atomic mass is 10.1. The van der Waals surface area contributed by atoms with Crippen LogP contribution in [0.5, 0.6) is 0 Å². The normalized spacial score (nSPS) is 17.5. The van der Waals surface area contributed by atoms with Crippen LogP contribution in [0.4, 0.5) is 10.2 Å². The molecule has 5 heterocycles. The van der Waals surface area contributed by atoms with E-state index < -0.39 is 26.6 Å².